The van der Waals surface area contributed by atoms with Crippen LogP contribution < -0.4 is 5.73 Å². The van der Waals surface area contributed by atoms with Crippen LogP contribution in [0, 0.1) is 0 Å². The average Bonchev–Trinajstić information content (AvgIpc) is 1.83. The van der Waals surface area contributed by atoms with Crippen molar-refractivity contribution in [3.05, 3.63) is 0 Å². The van der Waals surface area contributed by atoms with E-state index in [2.05, 4.69) is 20.8 Å². The van der Waals surface area contributed by atoms with Gasteiger partial charge in [0.05, 0.1) is 6.61 Å². The van der Waals surface area contributed by atoms with E-state index in [4.69, 9.17) is 10.5 Å². The third-order valence-electron chi connectivity index (χ3n) is 1.11. The number of methoxy groups -OCH3 is 1. The molecule has 0 saturated heterocycles. The first-order valence-electron chi connectivity index (χ1n) is 3.84. The van der Waals surface area contributed by atoms with Crippen LogP contribution in [0.4, 0.5) is 0 Å². The first kappa shape index (κ1) is 11.3. The monoisotopic (exact) mass is 177 g/mol. The summed E-state index contributed by atoms with van der Waals surface area (Å²) in [4.78, 5) is 0. The highest BCUT2D eigenvalue weighted by Gasteiger charge is 2.12. The number of hydrogen-bond acceptors (Lipinski definition) is 3. The van der Waals surface area contributed by atoms with Crippen molar-refractivity contribution in [2.75, 3.05) is 19.5 Å². The molecule has 68 valence electrons. The second-order valence-electron chi connectivity index (χ2n) is 3.64. The van der Waals surface area contributed by atoms with E-state index < -0.39 is 0 Å². The van der Waals surface area contributed by atoms with E-state index in [1.54, 1.807) is 7.11 Å². The Morgan fingerprint density at radius 1 is 1.45 bits per heavy atom. The Labute approximate surface area is 73.9 Å². The lowest BCUT2D eigenvalue weighted by molar-refractivity contribution is 0.186. The standard InChI is InChI=1S/C8H19NOS/c1-8(2,3)11-6-7(9)5-10-4/h7H,5-6,9H2,1-4H3. The maximum Gasteiger partial charge on any atom is 0.0621 e. The molecule has 0 heterocycles. The quantitative estimate of drug-likeness (QED) is 0.706. The van der Waals surface area contributed by atoms with Crippen molar-refractivity contribution in [1.29, 1.82) is 0 Å². The van der Waals surface area contributed by atoms with Gasteiger partial charge in [-0.05, 0) is 0 Å². The van der Waals surface area contributed by atoms with Crippen LogP contribution in [-0.4, -0.2) is 30.3 Å². The number of rotatable bonds is 4. The molecule has 0 saturated carbocycles. The van der Waals surface area contributed by atoms with Crippen molar-refractivity contribution >= 4 is 11.8 Å². The van der Waals surface area contributed by atoms with E-state index >= 15 is 0 Å². The van der Waals surface area contributed by atoms with Crippen molar-refractivity contribution in [2.45, 2.75) is 31.6 Å². The van der Waals surface area contributed by atoms with Gasteiger partial charge in [-0.1, -0.05) is 20.8 Å². The summed E-state index contributed by atoms with van der Waals surface area (Å²) in [5, 5.41) is 0. The Kier molecular flexibility index (Phi) is 5.13. The fourth-order valence-corrected chi connectivity index (χ4v) is 1.43. The molecule has 0 radical (unpaired) electrons. The fraction of sp³-hybridized carbons (Fsp3) is 1.00. The van der Waals surface area contributed by atoms with Crippen molar-refractivity contribution in [3.8, 4) is 0 Å². The van der Waals surface area contributed by atoms with E-state index in [0.29, 0.717) is 11.4 Å². The average molecular weight is 177 g/mol. The summed E-state index contributed by atoms with van der Waals surface area (Å²) in [7, 11) is 1.68. The molecule has 0 aromatic rings. The zero-order chi connectivity index (χ0) is 8.91. The minimum atomic E-state index is 0.171. The highest BCUT2D eigenvalue weighted by atomic mass is 32.2. The minimum Gasteiger partial charge on any atom is -0.383 e. The molecule has 2 nitrogen and oxygen atoms in total. The third-order valence-corrected chi connectivity index (χ3v) is 2.57. The lowest BCUT2D eigenvalue weighted by Gasteiger charge is -2.20. The van der Waals surface area contributed by atoms with Crippen LogP contribution in [0.3, 0.4) is 0 Å². The molecule has 3 heteroatoms. The fourth-order valence-electron chi connectivity index (χ4n) is 0.619. The first-order chi connectivity index (χ1) is 4.95. The van der Waals surface area contributed by atoms with Crippen LogP contribution in [0.1, 0.15) is 20.8 Å². The summed E-state index contributed by atoms with van der Waals surface area (Å²) in [5.41, 5.74) is 5.75. The van der Waals surface area contributed by atoms with Crippen molar-refractivity contribution in [3.63, 3.8) is 0 Å². The number of ether oxygens (including phenoxy) is 1. The van der Waals surface area contributed by atoms with Crippen LogP contribution in [0.2, 0.25) is 0 Å². The topological polar surface area (TPSA) is 35.2 Å². The van der Waals surface area contributed by atoms with Gasteiger partial charge in [0.2, 0.25) is 0 Å². The molecule has 2 N–H and O–H groups in total. The molecular weight excluding hydrogens is 158 g/mol. The van der Waals surface area contributed by atoms with Crippen LogP contribution in [0.15, 0.2) is 0 Å². The number of hydrogen-bond donors (Lipinski definition) is 1. The molecule has 0 spiro atoms. The largest absolute Gasteiger partial charge is 0.383 e. The third kappa shape index (κ3) is 8.17. The van der Waals surface area contributed by atoms with Crippen LogP contribution >= 0.6 is 11.8 Å². The van der Waals surface area contributed by atoms with E-state index in [1.165, 1.54) is 0 Å². The zero-order valence-electron chi connectivity index (χ0n) is 7.89. The second-order valence-corrected chi connectivity index (χ2v) is 5.49. The normalized spacial score (nSPS) is 15.0. The highest BCUT2D eigenvalue weighted by molar-refractivity contribution is 8.00. The Hall–Kier alpha value is 0.270. The molecule has 0 aliphatic heterocycles. The molecule has 0 aliphatic carbocycles. The van der Waals surface area contributed by atoms with Gasteiger partial charge in [-0.2, -0.15) is 11.8 Å². The van der Waals surface area contributed by atoms with Gasteiger partial charge in [-0.15, -0.1) is 0 Å². The molecule has 0 fully saturated rings. The van der Waals surface area contributed by atoms with Gasteiger partial charge >= 0.3 is 0 Å². The smallest absolute Gasteiger partial charge is 0.0621 e. The maximum absolute atomic E-state index is 5.75. The Bertz CT molecular complexity index is 101. The summed E-state index contributed by atoms with van der Waals surface area (Å²) in [6.07, 6.45) is 0. The first-order valence-corrected chi connectivity index (χ1v) is 4.83. The molecule has 0 aliphatic rings. The SMILES string of the molecule is COCC(N)CSC(C)(C)C. The Morgan fingerprint density at radius 2 is 2.00 bits per heavy atom. The second kappa shape index (κ2) is 5.01. The predicted molar refractivity (Wildman–Crippen MR) is 52.1 cm³/mol. The molecule has 0 aromatic carbocycles. The van der Waals surface area contributed by atoms with Crippen LogP contribution in [0.5, 0.6) is 0 Å². The van der Waals surface area contributed by atoms with Crippen molar-refractivity contribution in [2.24, 2.45) is 5.73 Å². The molecule has 0 bridgehead atoms. The van der Waals surface area contributed by atoms with Gasteiger partial charge in [0.15, 0.2) is 0 Å². The lowest BCUT2D eigenvalue weighted by atomic mass is 10.3. The number of nitrogens with two attached hydrogens (primary N) is 1. The summed E-state index contributed by atoms with van der Waals surface area (Å²) in [6.45, 7) is 7.23. The minimum absolute atomic E-state index is 0.171. The highest BCUT2D eigenvalue weighted by Crippen LogP contribution is 2.23. The molecule has 11 heavy (non-hydrogen) atoms. The van der Waals surface area contributed by atoms with Gasteiger partial charge in [-0.25, -0.2) is 0 Å². The van der Waals surface area contributed by atoms with E-state index in [1.807, 2.05) is 11.8 Å². The van der Waals surface area contributed by atoms with E-state index in [-0.39, 0.29) is 6.04 Å². The molecule has 1 atom stereocenters. The van der Waals surface area contributed by atoms with Crippen molar-refractivity contribution < 1.29 is 4.74 Å². The molecule has 1 unspecified atom stereocenters. The predicted octanol–water partition coefficient (Wildman–Crippen LogP) is 1.49. The molecule has 0 amide bonds. The zero-order valence-corrected chi connectivity index (χ0v) is 8.70. The van der Waals surface area contributed by atoms with Crippen LogP contribution in [-0.2, 0) is 4.74 Å². The number of thioether (sulfide) groups is 1. The van der Waals surface area contributed by atoms with Gasteiger partial charge in [-0.3, -0.25) is 0 Å². The maximum atomic E-state index is 5.75. The Balaban J connectivity index is 3.38. The van der Waals surface area contributed by atoms with E-state index in [0.717, 1.165) is 5.75 Å². The lowest BCUT2D eigenvalue weighted by Crippen LogP contribution is -2.30. The van der Waals surface area contributed by atoms with Crippen LogP contribution in [0.25, 0.3) is 0 Å². The van der Waals surface area contributed by atoms with Gasteiger partial charge in [0.25, 0.3) is 0 Å². The summed E-state index contributed by atoms with van der Waals surface area (Å²) >= 11 is 1.88. The Morgan fingerprint density at radius 3 is 2.36 bits per heavy atom. The molecule has 0 rings (SSSR count). The van der Waals surface area contributed by atoms with E-state index in [9.17, 15) is 0 Å². The van der Waals surface area contributed by atoms with Gasteiger partial charge in [0, 0.05) is 23.7 Å². The molecule has 0 aromatic heterocycles. The van der Waals surface area contributed by atoms with Crippen molar-refractivity contribution in [1.82, 2.24) is 0 Å². The molecular formula is C8H19NOS. The van der Waals surface area contributed by atoms with Gasteiger partial charge < -0.3 is 10.5 Å². The summed E-state index contributed by atoms with van der Waals surface area (Å²) in [5.74, 6) is 0.970. The summed E-state index contributed by atoms with van der Waals surface area (Å²) in [6, 6.07) is 0.171. The van der Waals surface area contributed by atoms with Gasteiger partial charge in [0.1, 0.15) is 0 Å². The summed E-state index contributed by atoms with van der Waals surface area (Å²) < 4.78 is 5.24.